The molecule has 0 aliphatic carbocycles. The molecule has 2 heteroatoms. The van der Waals surface area contributed by atoms with Crippen molar-refractivity contribution in [2.75, 3.05) is 13.2 Å². The summed E-state index contributed by atoms with van der Waals surface area (Å²) in [4.78, 5) is 0. The maximum Gasteiger partial charge on any atom is 0.177 e. The monoisotopic (exact) mass is 264 g/mol. The van der Waals surface area contributed by atoms with E-state index in [0.29, 0.717) is 0 Å². The minimum atomic E-state index is -0.109. The van der Waals surface area contributed by atoms with Crippen LogP contribution in [-0.4, -0.2) is 19.5 Å². The third kappa shape index (κ3) is 8.02. The van der Waals surface area contributed by atoms with Crippen LogP contribution in [0.1, 0.15) is 53.4 Å². The molecule has 1 fully saturated rings. The van der Waals surface area contributed by atoms with Gasteiger partial charge in [0.1, 0.15) is 0 Å². The van der Waals surface area contributed by atoms with Crippen molar-refractivity contribution in [3.05, 3.63) is 34.9 Å². The summed E-state index contributed by atoms with van der Waals surface area (Å²) < 4.78 is 10.8. The number of rotatable bonds is 7. The van der Waals surface area contributed by atoms with Crippen molar-refractivity contribution in [3.8, 4) is 0 Å². The molecule has 0 bridgehead atoms. The predicted molar refractivity (Wildman–Crippen MR) is 81.1 cm³/mol. The highest BCUT2D eigenvalue weighted by Crippen LogP contribution is 2.14. The molecule has 1 aliphatic heterocycles. The SMILES string of the molecule is CC(C)=CCC/C(C)=C/CC/C(C)=C/C1OCCO1. The van der Waals surface area contributed by atoms with Gasteiger partial charge in [0.2, 0.25) is 0 Å². The van der Waals surface area contributed by atoms with E-state index in [1.54, 1.807) is 0 Å². The Kier molecular flexibility index (Phi) is 7.76. The van der Waals surface area contributed by atoms with E-state index in [9.17, 15) is 0 Å². The van der Waals surface area contributed by atoms with Crippen LogP contribution in [0.4, 0.5) is 0 Å². The lowest BCUT2D eigenvalue weighted by atomic mass is 10.1. The van der Waals surface area contributed by atoms with Crippen LogP contribution in [0.2, 0.25) is 0 Å². The summed E-state index contributed by atoms with van der Waals surface area (Å²) in [6, 6.07) is 0. The van der Waals surface area contributed by atoms with E-state index in [0.717, 1.165) is 32.5 Å². The highest BCUT2D eigenvalue weighted by Gasteiger charge is 2.12. The van der Waals surface area contributed by atoms with Gasteiger partial charge in [-0.2, -0.15) is 0 Å². The van der Waals surface area contributed by atoms with Crippen molar-refractivity contribution in [1.29, 1.82) is 0 Å². The average Bonchev–Trinajstić information content (AvgIpc) is 2.81. The lowest BCUT2D eigenvalue weighted by Crippen LogP contribution is -2.03. The quantitative estimate of drug-likeness (QED) is 0.616. The minimum Gasteiger partial charge on any atom is -0.347 e. The van der Waals surface area contributed by atoms with E-state index in [1.807, 2.05) is 0 Å². The van der Waals surface area contributed by atoms with E-state index in [4.69, 9.17) is 9.47 Å². The van der Waals surface area contributed by atoms with Crippen LogP contribution in [-0.2, 0) is 9.47 Å². The molecule has 108 valence electrons. The standard InChI is InChI=1S/C17H28O2/c1-14(2)7-5-8-15(3)9-6-10-16(4)13-17-18-11-12-19-17/h7,9,13,17H,5-6,8,10-12H2,1-4H3/b15-9+,16-13+. The molecule has 0 N–H and O–H groups in total. The first kappa shape index (κ1) is 16.2. The van der Waals surface area contributed by atoms with Crippen LogP contribution in [0.25, 0.3) is 0 Å². The van der Waals surface area contributed by atoms with E-state index < -0.39 is 0 Å². The van der Waals surface area contributed by atoms with Crippen molar-refractivity contribution in [2.45, 2.75) is 59.7 Å². The normalized spacial score (nSPS) is 17.9. The Hall–Kier alpha value is -0.860. The molecular formula is C17H28O2. The molecule has 2 nitrogen and oxygen atoms in total. The van der Waals surface area contributed by atoms with Crippen molar-refractivity contribution in [3.63, 3.8) is 0 Å². The van der Waals surface area contributed by atoms with Crippen molar-refractivity contribution in [1.82, 2.24) is 0 Å². The summed E-state index contributed by atoms with van der Waals surface area (Å²) in [6.45, 7) is 10.1. The Labute approximate surface area is 118 Å². The smallest absolute Gasteiger partial charge is 0.177 e. The van der Waals surface area contributed by atoms with Gasteiger partial charge in [-0.1, -0.05) is 28.9 Å². The average molecular weight is 264 g/mol. The lowest BCUT2D eigenvalue weighted by molar-refractivity contribution is -0.00223. The second kappa shape index (κ2) is 9.11. The molecular weight excluding hydrogens is 236 g/mol. The van der Waals surface area contributed by atoms with Gasteiger partial charge >= 0.3 is 0 Å². The van der Waals surface area contributed by atoms with Crippen molar-refractivity contribution >= 4 is 0 Å². The van der Waals surface area contributed by atoms with Crippen molar-refractivity contribution < 1.29 is 9.47 Å². The first-order chi connectivity index (χ1) is 9.08. The molecule has 0 amide bonds. The Morgan fingerprint density at radius 2 is 1.47 bits per heavy atom. The number of allylic oxidation sites excluding steroid dienone is 5. The number of ether oxygens (including phenoxy) is 2. The van der Waals surface area contributed by atoms with Gasteiger partial charge in [-0.05, 0) is 59.5 Å². The van der Waals surface area contributed by atoms with Gasteiger partial charge in [0.15, 0.2) is 6.29 Å². The molecule has 1 saturated heterocycles. The third-order valence-corrected chi connectivity index (χ3v) is 3.19. The molecule has 19 heavy (non-hydrogen) atoms. The summed E-state index contributed by atoms with van der Waals surface area (Å²) in [7, 11) is 0. The molecule has 1 aliphatic rings. The minimum absolute atomic E-state index is 0.109. The Balaban J connectivity index is 2.21. The van der Waals surface area contributed by atoms with Gasteiger partial charge in [-0.15, -0.1) is 0 Å². The fraction of sp³-hybridized carbons (Fsp3) is 0.647. The second-order valence-electron chi connectivity index (χ2n) is 5.53. The Morgan fingerprint density at radius 3 is 2.11 bits per heavy atom. The molecule has 0 unspecified atom stereocenters. The Bertz CT molecular complexity index is 340. The molecule has 0 aromatic carbocycles. The van der Waals surface area contributed by atoms with Crippen LogP contribution in [0.3, 0.4) is 0 Å². The summed E-state index contributed by atoms with van der Waals surface area (Å²) >= 11 is 0. The van der Waals surface area contributed by atoms with Crippen LogP contribution in [0, 0.1) is 0 Å². The predicted octanol–water partition coefficient (Wildman–Crippen LogP) is 4.78. The largest absolute Gasteiger partial charge is 0.347 e. The van der Waals surface area contributed by atoms with Crippen LogP contribution in [0.15, 0.2) is 34.9 Å². The van der Waals surface area contributed by atoms with Crippen LogP contribution < -0.4 is 0 Å². The first-order valence-corrected chi connectivity index (χ1v) is 7.27. The van der Waals surface area contributed by atoms with Gasteiger partial charge in [0.25, 0.3) is 0 Å². The van der Waals surface area contributed by atoms with Crippen LogP contribution in [0.5, 0.6) is 0 Å². The Morgan fingerprint density at radius 1 is 0.895 bits per heavy atom. The van der Waals surface area contributed by atoms with E-state index >= 15 is 0 Å². The fourth-order valence-electron chi connectivity index (χ4n) is 2.03. The fourth-order valence-corrected chi connectivity index (χ4v) is 2.03. The first-order valence-electron chi connectivity index (χ1n) is 7.27. The zero-order valence-corrected chi connectivity index (χ0v) is 12.9. The number of hydrogen-bond donors (Lipinski definition) is 0. The molecule has 1 rings (SSSR count). The topological polar surface area (TPSA) is 18.5 Å². The zero-order chi connectivity index (χ0) is 14.1. The maximum atomic E-state index is 5.41. The zero-order valence-electron chi connectivity index (χ0n) is 12.9. The molecule has 0 aromatic rings. The molecule has 0 saturated carbocycles. The molecule has 0 radical (unpaired) electrons. The maximum absolute atomic E-state index is 5.41. The van der Waals surface area contributed by atoms with E-state index in [2.05, 4.69) is 45.9 Å². The number of hydrogen-bond acceptors (Lipinski definition) is 2. The van der Waals surface area contributed by atoms with Gasteiger partial charge in [-0.3, -0.25) is 0 Å². The van der Waals surface area contributed by atoms with Gasteiger partial charge < -0.3 is 9.47 Å². The summed E-state index contributed by atoms with van der Waals surface area (Å²) in [6.07, 6.45) is 11.2. The van der Waals surface area contributed by atoms with Gasteiger partial charge in [0, 0.05) is 0 Å². The summed E-state index contributed by atoms with van der Waals surface area (Å²) in [5, 5.41) is 0. The van der Waals surface area contributed by atoms with Crippen molar-refractivity contribution in [2.24, 2.45) is 0 Å². The lowest BCUT2D eigenvalue weighted by Gasteiger charge is -2.05. The molecule has 0 spiro atoms. The van der Waals surface area contributed by atoms with E-state index in [1.165, 1.54) is 23.1 Å². The highest BCUT2D eigenvalue weighted by atomic mass is 16.7. The summed E-state index contributed by atoms with van der Waals surface area (Å²) in [5.41, 5.74) is 4.24. The van der Waals surface area contributed by atoms with E-state index in [-0.39, 0.29) is 6.29 Å². The molecule has 0 atom stereocenters. The van der Waals surface area contributed by atoms with Gasteiger partial charge in [-0.25, -0.2) is 0 Å². The molecule has 0 aromatic heterocycles. The van der Waals surface area contributed by atoms with Gasteiger partial charge in [0.05, 0.1) is 13.2 Å². The highest BCUT2D eigenvalue weighted by molar-refractivity contribution is 5.06. The second-order valence-corrected chi connectivity index (χ2v) is 5.53. The molecule has 1 heterocycles. The summed E-state index contributed by atoms with van der Waals surface area (Å²) in [5.74, 6) is 0. The van der Waals surface area contributed by atoms with Crippen LogP contribution >= 0.6 is 0 Å². The third-order valence-electron chi connectivity index (χ3n) is 3.19.